The number of fused-ring (bicyclic) bond motifs is 1. The second-order valence-electron chi connectivity index (χ2n) is 5.92. The summed E-state index contributed by atoms with van der Waals surface area (Å²) in [5, 5.41) is 9.07. The first-order valence-corrected chi connectivity index (χ1v) is 7.78. The van der Waals surface area contributed by atoms with Gasteiger partial charge >= 0.3 is 0 Å². The van der Waals surface area contributed by atoms with Gasteiger partial charge in [-0.1, -0.05) is 12.0 Å². The van der Waals surface area contributed by atoms with Crippen molar-refractivity contribution in [2.45, 2.75) is 25.7 Å². The Morgan fingerprint density at radius 3 is 2.86 bits per heavy atom. The molecule has 1 aliphatic heterocycles. The first kappa shape index (κ1) is 14.8. The minimum Gasteiger partial charge on any atom is -0.396 e. The predicted molar refractivity (Wildman–Crippen MR) is 84.7 cm³/mol. The largest absolute Gasteiger partial charge is 0.396 e. The minimum absolute atomic E-state index is 0.00971. The molecule has 0 saturated carbocycles. The molecule has 4 heteroatoms. The second-order valence-corrected chi connectivity index (χ2v) is 5.92. The molecular formula is C18H20N2O2. The van der Waals surface area contributed by atoms with Crippen LogP contribution in [0, 0.1) is 18.3 Å². The molecule has 114 valence electrons. The van der Waals surface area contributed by atoms with Gasteiger partial charge in [-0.2, -0.15) is 0 Å². The molecule has 0 bridgehead atoms. The lowest BCUT2D eigenvalue weighted by molar-refractivity contribution is -0.114. The highest BCUT2D eigenvalue weighted by Crippen LogP contribution is 2.33. The maximum absolute atomic E-state index is 12.3. The zero-order chi connectivity index (χ0) is 15.5. The molecule has 3 rings (SSSR count). The number of hydrogen-bond acceptors (Lipinski definition) is 4. The van der Waals surface area contributed by atoms with Crippen LogP contribution in [0.15, 0.2) is 23.9 Å². The van der Waals surface area contributed by atoms with Crippen LogP contribution in [0.25, 0.3) is 5.70 Å². The predicted octanol–water partition coefficient (Wildman–Crippen LogP) is 1.65. The monoisotopic (exact) mass is 296 g/mol. The second kappa shape index (κ2) is 6.33. The standard InChI is InChI=1S/C18H20N2O2/c1-2-15-16(22)12-14-4-3-8-19-17(14)18(15)20-9-5-13(6-10-20)7-11-21/h1,3-4,8,13,21H,5-7,9-12H2. The Morgan fingerprint density at radius 2 is 2.18 bits per heavy atom. The molecule has 0 amide bonds. The molecule has 0 unspecified atom stereocenters. The topological polar surface area (TPSA) is 53.4 Å². The number of likely N-dealkylation sites (tertiary alicyclic amines) is 1. The van der Waals surface area contributed by atoms with Gasteiger partial charge in [-0.25, -0.2) is 0 Å². The van der Waals surface area contributed by atoms with Gasteiger partial charge in [0.05, 0.1) is 17.0 Å². The van der Waals surface area contributed by atoms with Crippen molar-refractivity contribution < 1.29 is 9.90 Å². The van der Waals surface area contributed by atoms with Crippen molar-refractivity contribution in [3.8, 4) is 12.3 Å². The van der Waals surface area contributed by atoms with E-state index in [0.29, 0.717) is 17.9 Å². The summed E-state index contributed by atoms with van der Waals surface area (Å²) in [6.45, 7) is 1.95. The first-order chi connectivity index (χ1) is 10.7. The zero-order valence-corrected chi connectivity index (χ0v) is 12.6. The number of pyridine rings is 1. The van der Waals surface area contributed by atoms with Crippen LogP contribution < -0.4 is 0 Å². The quantitative estimate of drug-likeness (QED) is 0.862. The van der Waals surface area contributed by atoms with E-state index in [1.165, 1.54) is 0 Å². The maximum atomic E-state index is 12.3. The van der Waals surface area contributed by atoms with Gasteiger partial charge in [-0.15, -0.1) is 6.42 Å². The smallest absolute Gasteiger partial charge is 0.177 e. The van der Waals surface area contributed by atoms with Crippen molar-refractivity contribution in [1.82, 2.24) is 9.88 Å². The van der Waals surface area contributed by atoms with Gasteiger partial charge < -0.3 is 10.0 Å². The molecule has 0 radical (unpaired) electrons. The Hall–Kier alpha value is -2.12. The summed E-state index contributed by atoms with van der Waals surface area (Å²) in [4.78, 5) is 19.0. The molecule has 2 heterocycles. The summed E-state index contributed by atoms with van der Waals surface area (Å²) in [6.07, 6.45) is 10.6. The Labute approximate surface area is 130 Å². The molecule has 1 aromatic heterocycles. The van der Waals surface area contributed by atoms with E-state index in [2.05, 4.69) is 15.8 Å². The number of carbonyl (C=O) groups is 1. The average molecular weight is 296 g/mol. The number of hydrogen-bond donors (Lipinski definition) is 1. The number of aliphatic hydroxyl groups excluding tert-OH is 1. The summed E-state index contributed by atoms with van der Waals surface area (Å²) >= 11 is 0. The molecule has 0 aromatic carbocycles. The summed E-state index contributed by atoms with van der Waals surface area (Å²) in [7, 11) is 0. The number of terminal acetylenes is 1. The molecular weight excluding hydrogens is 276 g/mol. The lowest BCUT2D eigenvalue weighted by Gasteiger charge is -2.36. The number of allylic oxidation sites excluding steroid dienone is 1. The maximum Gasteiger partial charge on any atom is 0.177 e. The average Bonchev–Trinajstić information content (AvgIpc) is 2.55. The third-order valence-corrected chi connectivity index (χ3v) is 4.59. The molecule has 1 fully saturated rings. The van der Waals surface area contributed by atoms with Crippen molar-refractivity contribution in [1.29, 1.82) is 0 Å². The molecule has 1 aromatic rings. The highest BCUT2D eigenvalue weighted by Gasteiger charge is 2.31. The molecule has 2 aliphatic rings. The van der Waals surface area contributed by atoms with Gasteiger partial charge in [-0.05, 0) is 36.8 Å². The summed E-state index contributed by atoms with van der Waals surface area (Å²) in [5.41, 5.74) is 3.11. The Balaban J connectivity index is 1.93. The lowest BCUT2D eigenvalue weighted by Crippen LogP contribution is -2.36. The van der Waals surface area contributed by atoms with Crippen LogP contribution in [0.4, 0.5) is 0 Å². The Kier molecular flexibility index (Phi) is 4.26. The SMILES string of the molecule is C#CC1=C(N2CCC(CCO)CC2)c2ncccc2CC1=O. The van der Waals surface area contributed by atoms with E-state index in [1.807, 2.05) is 12.1 Å². The first-order valence-electron chi connectivity index (χ1n) is 7.78. The fourth-order valence-electron chi connectivity index (χ4n) is 3.39. The molecule has 22 heavy (non-hydrogen) atoms. The van der Waals surface area contributed by atoms with Crippen LogP contribution in [0.1, 0.15) is 30.5 Å². The van der Waals surface area contributed by atoms with Gasteiger partial charge in [0.1, 0.15) is 0 Å². The van der Waals surface area contributed by atoms with Gasteiger partial charge in [-0.3, -0.25) is 9.78 Å². The van der Waals surface area contributed by atoms with Crippen LogP contribution in [0.2, 0.25) is 0 Å². The van der Waals surface area contributed by atoms with Crippen LogP contribution >= 0.6 is 0 Å². The third kappa shape index (κ3) is 2.65. The van der Waals surface area contributed by atoms with E-state index in [9.17, 15) is 4.79 Å². The van der Waals surface area contributed by atoms with Crippen molar-refractivity contribution in [3.05, 3.63) is 35.2 Å². The fourth-order valence-corrected chi connectivity index (χ4v) is 3.39. The highest BCUT2D eigenvalue weighted by molar-refractivity contribution is 6.09. The number of carbonyl (C=O) groups excluding carboxylic acids is 1. The van der Waals surface area contributed by atoms with E-state index >= 15 is 0 Å². The number of aliphatic hydroxyl groups is 1. The van der Waals surface area contributed by atoms with E-state index in [0.717, 1.165) is 49.3 Å². The normalized spacial score (nSPS) is 19.1. The number of aromatic nitrogens is 1. The Bertz CT molecular complexity index is 649. The van der Waals surface area contributed by atoms with Gasteiger partial charge in [0.25, 0.3) is 0 Å². The summed E-state index contributed by atoms with van der Waals surface area (Å²) < 4.78 is 0. The van der Waals surface area contributed by atoms with E-state index in [-0.39, 0.29) is 12.4 Å². The number of piperidine rings is 1. The van der Waals surface area contributed by atoms with Crippen LogP contribution in [-0.4, -0.2) is 40.5 Å². The van der Waals surface area contributed by atoms with Crippen molar-refractivity contribution in [3.63, 3.8) is 0 Å². The highest BCUT2D eigenvalue weighted by atomic mass is 16.3. The van der Waals surface area contributed by atoms with E-state index in [4.69, 9.17) is 11.5 Å². The number of nitrogens with zero attached hydrogens (tertiary/aromatic N) is 2. The van der Waals surface area contributed by atoms with Crippen molar-refractivity contribution >= 4 is 11.5 Å². The fraction of sp³-hybridized carbons (Fsp3) is 0.444. The molecule has 1 saturated heterocycles. The Morgan fingerprint density at radius 1 is 1.41 bits per heavy atom. The lowest BCUT2D eigenvalue weighted by atomic mass is 9.88. The molecule has 0 spiro atoms. The van der Waals surface area contributed by atoms with E-state index in [1.54, 1.807) is 6.20 Å². The minimum atomic E-state index is 0.00971. The van der Waals surface area contributed by atoms with Gasteiger partial charge in [0.15, 0.2) is 5.78 Å². The van der Waals surface area contributed by atoms with Crippen LogP contribution in [-0.2, 0) is 11.2 Å². The number of rotatable bonds is 3. The summed E-state index contributed by atoms with van der Waals surface area (Å²) in [6, 6.07) is 3.81. The van der Waals surface area contributed by atoms with Gasteiger partial charge in [0.2, 0.25) is 0 Å². The van der Waals surface area contributed by atoms with Crippen LogP contribution in [0.5, 0.6) is 0 Å². The van der Waals surface area contributed by atoms with Crippen LogP contribution in [0.3, 0.4) is 0 Å². The van der Waals surface area contributed by atoms with Gasteiger partial charge in [0, 0.05) is 32.3 Å². The molecule has 4 nitrogen and oxygen atoms in total. The zero-order valence-electron chi connectivity index (χ0n) is 12.6. The molecule has 1 aliphatic carbocycles. The number of ketones is 1. The van der Waals surface area contributed by atoms with E-state index < -0.39 is 0 Å². The van der Waals surface area contributed by atoms with Crippen molar-refractivity contribution in [2.24, 2.45) is 5.92 Å². The molecule has 0 atom stereocenters. The third-order valence-electron chi connectivity index (χ3n) is 4.59. The number of Topliss-reactive ketones (excluding diaryl/α,β-unsaturated/α-hetero) is 1. The molecule has 1 N–H and O–H groups in total. The summed E-state index contributed by atoms with van der Waals surface area (Å²) in [5.74, 6) is 3.15. The van der Waals surface area contributed by atoms with Crippen molar-refractivity contribution in [2.75, 3.05) is 19.7 Å².